The highest BCUT2D eigenvalue weighted by molar-refractivity contribution is 6.36. The molecule has 110 valence electrons. The van der Waals surface area contributed by atoms with Crippen LogP contribution >= 0.6 is 23.2 Å². The smallest absolute Gasteiger partial charge is 0.339 e. The molecule has 0 N–H and O–H groups in total. The van der Waals surface area contributed by atoms with Gasteiger partial charge in [0.15, 0.2) is 0 Å². The third-order valence-corrected chi connectivity index (χ3v) is 4.63. The number of ether oxygens (including phenoxy) is 1. The number of hydrogen-bond donors (Lipinski definition) is 0. The van der Waals surface area contributed by atoms with Gasteiger partial charge in [-0.15, -0.1) is 0 Å². The number of halogens is 2. The average molecular weight is 315 g/mol. The quantitative estimate of drug-likeness (QED) is 0.701. The van der Waals surface area contributed by atoms with Crippen molar-refractivity contribution in [3.05, 3.63) is 33.8 Å². The van der Waals surface area contributed by atoms with Crippen LogP contribution in [0.5, 0.6) is 0 Å². The molecule has 1 aromatic carbocycles. The molecule has 0 heterocycles. The molecule has 2 rings (SSSR count). The molecule has 0 atom stereocenters. The van der Waals surface area contributed by atoms with Gasteiger partial charge in [-0.1, -0.05) is 37.0 Å². The van der Waals surface area contributed by atoms with Gasteiger partial charge in [-0.25, -0.2) is 4.79 Å². The molecule has 4 heteroatoms. The van der Waals surface area contributed by atoms with Crippen LogP contribution in [0.1, 0.15) is 49.9 Å². The van der Waals surface area contributed by atoms with Gasteiger partial charge in [-0.2, -0.15) is 0 Å². The van der Waals surface area contributed by atoms with Crippen molar-refractivity contribution in [2.75, 3.05) is 0 Å². The van der Waals surface area contributed by atoms with E-state index >= 15 is 0 Å². The molecule has 0 unspecified atom stereocenters. The molecule has 1 saturated carbocycles. The molecular weight excluding hydrogens is 295 g/mol. The fraction of sp³-hybridized carbons (Fsp3) is 0.562. The van der Waals surface area contributed by atoms with Crippen LogP contribution in [0.15, 0.2) is 18.2 Å². The largest absolute Gasteiger partial charge is 0.459 e. The third-order valence-electron chi connectivity index (χ3n) is 4.09. The fourth-order valence-electron chi connectivity index (χ4n) is 2.74. The molecule has 1 aliphatic carbocycles. The van der Waals surface area contributed by atoms with Gasteiger partial charge in [-0.05, 0) is 55.7 Å². The van der Waals surface area contributed by atoms with Gasteiger partial charge in [0.2, 0.25) is 0 Å². The first-order chi connectivity index (χ1) is 9.47. The van der Waals surface area contributed by atoms with E-state index in [4.69, 9.17) is 27.9 Å². The minimum Gasteiger partial charge on any atom is -0.459 e. The van der Waals surface area contributed by atoms with Crippen LogP contribution in [0, 0.1) is 11.8 Å². The molecule has 1 fully saturated rings. The van der Waals surface area contributed by atoms with Crippen LogP contribution in [-0.2, 0) is 4.74 Å². The first kappa shape index (κ1) is 15.7. The van der Waals surface area contributed by atoms with E-state index < -0.39 is 0 Å². The highest BCUT2D eigenvalue weighted by Gasteiger charge is 2.26. The molecule has 1 aromatic rings. The highest BCUT2D eigenvalue weighted by atomic mass is 35.5. The Morgan fingerprint density at radius 3 is 2.40 bits per heavy atom. The SMILES string of the molecule is CC(C)C1CCC(OC(=O)c2ccc(Cl)cc2Cl)CC1. The Balaban J connectivity index is 1.92. The lowest BCUT2D eigenvalue weighted by atomic mass is 9.80. The maximum atomic E-state index is 12.1. The van der Waals surface area contributed by atoms with Crippen molar-refractivity contribution in [2.45, 2.75) is 45.6 Å². The standard InChI is InChI=1S/C16H20Cl2O2/c1-10(2)11-3-6-13(7-4-11)20-16(19)14-8-5-12(17)9-15(14)18/h5,8-11,13H,3-4,6-7H2,1-2H3. The summed E-state index contributed by atoms with van der Waals surface area (Å²) in [5.74, 6) is 1.11. The fourth-order valence-corrected chi connectivity index (χ4v) is 3.23. The molecule has 20 heavy (non-hydrogen) atoms. The second-order valence-electron chi connectivity index (χ2n) is 5.81. The number of hydrogen-bond acceptors (Lipinski definition) is 2. The van der Waals surface area contributed by atoms with E-state index in [2.05, 4.69) is 13.8 Å². The van der Waals surface area contributed by atoms with Gasteiger partial charge in [0.25, 0.3) is 0 Å². The second-order valence-corrected chi connectivity index (χ2v) is 6.65. The molecule has 0 bridgehead atoms. The molecule has 2 nitrogen and oxygen atoms in total. The maximum Gasteiger partial charge on any atom is 0.339 e. The lowest BCUT2D eigenvalue weighted by Gasteiger charge is -2.30. The Hall–Kier alpha value is -0.730. The van der Waals surface area contributed by atoms with Crippen LogP contribution in [0.3, 0.4) is 0 Å². The number of benzene rings is 1. The Kier molecular flexibility index (Phi) is 5.34. The van der Waals surface area contributed by atoms with E-state index in [9.17, 15) is 4.79 Å². The summed E-state index contributed by atoms with van der Waals surface area (Å²) in [4.78, 5) is 12.1. The van der Waals surface area contributed by atoms with E-state index in [-0.39, 0.29) is 12.1 Å². The lowest BCUT2D eigenvalue weighted by molar-refractivity contribution is 0.0142. The van der Waals surface area contributed by atoms with Crippen molar-refractivity contribution in [3.8, 4) is 0 Å². The van der Waals surface area contributed by atoms with Crippen molar-refractivity contribution in [1.29, 1.82) is 0 Å². The van der Waals surface area contributed by atoms with E-state index in [1.54, 1.807) is 18.2 Å². The van der Waals surface area contributed by atoms with Gasteiger partial charge in [0.05, 0.1) is 10.6 Å². The summed E-state index contributed by atoms with van der Waals surface area (Å²) in [6.45, 7) is 4.51. The van der Waals surface area contributed by atoms with Gasteiger partial charge in [0, 0.05) is 5.02 Å². The van der Waals surface area contributed by atoms with Crippen molar-refractivity contribution in [3.63, 3.8) is 0 Å². The van der Waals surface area contributed by atoms with E-state index in [0.29, 0.717) is 21.5 Å². The average Bonchev–Trinajstić information content (AvgIpc) is 2.39. The van der Waals surface area contributed by atoms with E-state index in [1.165, 1.54) is 0 Å². The van der Waals surface area contributed by atoms with Crippen molar-refractivity contribution in [1.82, 2.24) is 0 Å². The molecule has 0 spiro atoms. The number of carbonyl (C=O) groups excluding carboxylic acids is 1. The molecule has 0 aromatic heterocycles. The summed E-state index contributed by atoms with van der Waals surface area (Å²) in [5.41, 5.74) is 0.391. The minimum absolute atomic E-state index is 0.0178. The van der Waals surface area contributed by atoms with Crippen LogP contribution in [0.4, 0.5) is 0 Å². The second kappa shape index (κ2) is 6.82. The number of carbonyl (C=O) groups is 1. The first-order valence-corrected chi connectivity index (χ1v) is 7.89. The van der Waals surface area contributed by atoms with Gasteiger partial charge in [0.1, 0.15) is 6.10 Å². The summed E-state index contributed by atoms with van der Waals surface area (Å²) in [6.07, 6.45) is 4.16. The normalized spacial score (nSPS) is 22.9. The summed E-state index contributed by atoms with van der Waals surface area (Å²) < 4.78 is 5.56. The lowest BCUT2D eigenvalue weighted by Crippen LogP contribution is -2.26. The third kappa shape index (κ3) is 3.89. The predicted octanol–water partition coefficient (Wildman–Crippen LogP) is 5.37. The Morgan fingerprint density at radius 1 is 1.20 bits per heavy atom. The minimum atomic E-state index is -0.348. The van der Waals surface area contributed by atoms with Crippen LogP contribution in [0.25, 0.3) is 0 Å². The number of esters is 1. The zero-order valence-electron chi connectivity index (χ0n) is 11.9. The monoisotopic (exact) mass is 314 g/mol. The van der Waals surface area contributed by atoms with Crippen molar-refractivity contribution < 1.29 is 9.53 Å². The Labute approximate surface area is 130 Å². The van der Waals surface area contributed by atoms with Gasteiger partial charge >= 0.3 is 5.97 Å². The molecular formula is C16H20Cl2O2. The maximum absolute atomic E-state index is 12.1. The summed E-state index contributed by atoms with van der Waals surface area (Å²) >= 11 is 11.8. The van der Waals surface area contributed by atoms with E-state index in [1.807, 2.05) is 0 Å². The molecule has 0 aliphatic heterocycles. The highest BCUT2D eigenvalue weighted by Crippen LogP contribution is 2.32. The predicted molar refractivity (Wildman–Crippen MR) is 82.5 cm³/mol. The summed E-state index contributed by atoms with van der Waals surface area (Å²) in [6, 6.07) is 4.84. The van der Waals surface area contributed by atoms with Crippen molar-refractivity contribution in [2.24, 2.45) is 11.8 Å². The zero-order valence-corrected chi connectivity index (χ0v) is 13.4. The van der Waals surface area contributed by atoms with Gasteiger partial charge < -0.3 is 4.74 Å². The Bertz CT molecular complexity index is 477. The first-order valence-electron chi connectivity index (χ1n) is 7.13. The zero-order chi connectivity index (χ0) is 14.7. The summed E-state index contributed by atoms with van der Waals surface area (Å²) in [7, 11) is 0. The molecule has 0 amide bonds. The van der Waals surface area contributed by atoms with Crippen molar-refractivity contribution >= 4 is 29.2 Å². The van der Waals surface area contributed by atoms with Crippen LogP contribution in [0.2, 0.25) is 10.0 Å². The van der Waals surface area contributed by atoms with Crippen LogP contribution < -0.4 is 0 Å². The van der Waals surface area contributed by atoms with Gasteiger partial charge in [-0.3, -0.25) is 0 Å². The van der Waals surface area contributed by atoms with Crippen LogP contribution in [-0.4, -0.2) is 12.1 Å². The molecule has 0 saturated heterocycles. The molecule has 0 radical (unpaired) electrons. The topological polar surface area (TPSA) is 26.3 Å². The van der Waals surface area contributed by atoms with E-state index in [0.717, 1.165) is 31.6 Å². The molecule has 1 aliphatic rings. The number of rotatable bonds is 3. The summed E-state index contributed by atoms with van der Waals surface area (Å²) in [5, 5.41) is 0.863. The Morgan fingerprint density at radius 2 is 1.85 bits per heavy atom.